The minimum absolute atomic E-state index is 0.0541. The van der Waals surface area contributed by atoms with Crippen molar-refractivity contribution in [3.63, 3.8) is 0 Å². The van der Waals surface area contributed by atoms with Crippen LogP contribution in [0.25, 0.3) is 17.3 Å². The van der Waals surface area contributed by atoms with Crippen LogP contribution in [0.1, 0.15) is 5.56 Å². The first-order chi connectivity index (χ1) is 12.9. The van der Waals surface area contributed by atoms with Gasteiger partial charge in [-0.1, -0.05) is 34.8 Å². The minimum Gasteiger partial charge on any atom is -0.416 e. The molecule has 2 N–H and O–H groups in total. The molecular weight excluding hydrogens is 507 g/mol. The van der Waals surface area contributed by atoms with Crippen molar-refractivity contribution < 1.29 is 32.3 Å². The number of alkyl halides is 2. The predicted molar refractivity (Wildman–Crippen MR) is 106 cm³/mol. The summed E-state index contributed by atoms with van der Waals surface area (Å²) in [6, 6.07) is 2.15. The molecule has 0 atom stereocenters. The van der Waals surface area contributed by atoms with E-state index in [1.165, 1.54) is 19.2 Å². The molecule has 1 aromatic carbocycles. The van der Waals surface area contributed by atoms with Gasteiger partial charge < -0.3 is 14.5 Å². The van der Waals surface area contributed by atoms with Gasteiger partial charge in [-0.2, -0.15) is 13.9 Å². The molecular formula is C13H9Cl3F3N2O4PS2. The summed E-state index contributed by atoms with van der Waals surface area (Å²) in [5.74, 6) is -1.29. The van der Waals surface area contributed by atoms with Crippen LogP contribution in [-0.2, 0) is 11.6 Å². The molecule has 0 unspecified atom stereocenters. The van der Waals surface area contributed by atoms with Crippen LogP contribution in [0.2, 0.25) is 10.0 Å². The van der Waals surface area contributed by atoms with Gasteiger partial charge in [0.15, 0.2) is 0 Å². The largest absolute Gasteiger partial charge is 0.416 e. The molecule has 0 saturated carbocycles. The SMILES string of the molecule is Cn1nc(-c2cc(/C=C(\Cl)SSP(=O)(O)O)c(Cl)cc2F)c(Cl)c1OC(F)F. The van der Waals surface area contributed by atoms with E-state index in [-0.39, 0.29) is 41.6 Å². The Labute approximate surface area is 179 Å². The molecule has 2 aromatic rings. The lowest BCUT2D eigenvalue weighted by molar-refractivity contribution is -0.0552. The van der Waals surface area contributed by atoms with Crippen molar-refractivity contribution in [1.29, 1.82) is 0 Å². The molecule has 0 fully saturated rings. The van der Waals surface area contributed by atoms with Gasteiger partial charge in [-0.3, -0.25) is 0 Å². The number of aryl methyl sites for hydroxylation is 1. The Balaban J connectivity index is 2.45. The standard InChI is InChI=1S/C13H9Cl3F3N2O4PS2/c1-21-12(25-13(18)19)10(16)11(20-21)6-2-5(7(14)4-8(6)17)3-9(15)27-28-26(22,23)24/h2-4,13H,1H3,(H2,22,23,24)/b9-3+. The number of hydrogen-bond donors (Lipinski definition) is 2. The summed E-state index contributed by atoms with van der Waals surface area (Å²) < 4.78 is 55.4. The van der Waals surface area contributed by atoms with Gasteiger partial charge in [0.05, 0.1) is 9.39 Å². The highest BCUT2D eigenvalue weighted by Crippen LogP contribution is 2.59. The highest BCUT2D eigenvalue weighted by atomic mass is 35.5. The van der Waals surface area contributed by atoms with Gasteiger partial charge in [0, 0.05) is 23.0 Å². The third-order valence-corrected chi connectivity index (χ3v) is 8.56. The number of halogens is 6. The number of aromatic nitrogens is 2. The van der Waals surface area contributed by atoms with Crippen LogP contribution in [0.15, 0.2) is 16.5 Å². The molecule has 1 aromatic heterocycles. The van der Waals surface area contributed by atoms with E-state index in [1.54, 1.807) is 0 Å². The van der Waals surface area contributed by atoms with E-state index in [9.17, 15) is 17.7 Å². The lowest BCUT2D eigenvalue weighted by Gasteiger charge is -2.07. The van der Waals surface area contributed by atoms with Crippen LogP contribution in [-0.4, -0.2) is 26.2 Å². The molecule has 0 amide bonds. The molecule has 1 heterocycles. The van der Waals surface area contributed by atoms with Crippen LogP contribution in [0.3, 0.4) is 0 Å². The Kier molecular flexibility index (Phi) is 8.08. The Morgan fingerprint density at radius 3 is 2.61 bits per heavy atom. The fraction of sp³-hybridized carbons (Fsp3) is 0.154. The lowest BCUT2D eigenvalue weighted by Crippen LogP contribution is -2.06. The highest BCUT2D eigenvalue weighted by molar-refractivity contribution is 8.99. The number of ether oxygens (including phenoxy) is 1. The molecule has 154 valence electrons. The number of rotatable bonds is 7. The smallest absolute Gasteiger partial charge is 0.394 e. The van der Waals surface area contributed by atoms with Gasteiger partial charge in [0.2, 0.25) is 5.88 Å². The van der Waals surface area contributed by atoms with E-state index in [0.717, 1.165) is 10.7 Å². The zero-order chi connectivity index (χ0) is 21.2. The molecule has 0 aliphatic rings. The van der Waals surface area contributed by atoms with E-state index in [1.807, 2.05) is 0 Å². The van der Waals surface area contributed by atoms with Crippen LogP contribution < -0.4 is 4.74 Å². The zero-order valence-electron chi connectivity index (χ0n) is 13.4. The summed E-state index contributed by atoms with van der Waals surface area (Å²) in [7, 11) is 2.10. The maximum Gasteiger partial charge on any atom is 0.394 e. The Bertz CT molecular complexity index is 971. The third-order valence-electron chi connectivity index (χ3n) is 2.96. The third kappa shape index (κ3) is 6.24. The predicted octanol–water partition coefficient (Wildman–Crippen LogP) is 6.15. The van der Waals surface area contributed by atoms with E-state index in [4.69, 9.17) is 44.6 Å². The molecule has 0 aliphatic carbocycles. The summed E-state index contributed by atoms with van der Waals surface area (Å²) in [5.41, 5.74) is -0.158. The van der Waals surface area contributed by atoms with E-state index >= 15 is 0 Å². The highest BCUT2D eigenvalue weighted by Gasteiger charge is 2.23. The summed E-state index contributed by atoms with van der Waals surface area (Å²) in [4.78, 5) is 17.7. The molecule has 28 heavy (non-hydrogen) atoms. The van der Waals surface area contributed by atoms with Gasteiger partial charge in [0.25, 0.3) is 0 Å². The summed E-state index contributed by atoms with van der Waals surface area (Å²) in [5, 5.41) is 3.50. The molecule has 0 spiro atoms. The number of hydrogen-bond acceptors (Lipinski definition) is 5. The van der Waals surface area contributed by atoms with E-state index in [0.29, 0.717) is 10.8 Å². The Hall–Kier alpha value is -0.520. The molecule has 0 aliphatic heterocycles. The average molecular weight is 516 g/mol. The number of nitrogens with zero attached hydrogens (tertiary/aromatic N) is 2. The van der Waals surface area contributed by atoms with Crippen LogP contribution in [0.4, 0.5) is 13.2 Å². The van der Waals surface area contributed by atoms with Crippen LogP contribution >= 0.6 is 62.8 Å². The van der Waals surface area contributed by atoms with E-state index < -0.39 is 25.1 Å². The molecule has 6 nitrogen and oxygen atoms in total. The average Bonchev–Trinajstić information content (AvgIpc) is 2.82. The first-order valence-electron chi connectivity index (χ1n) is 6.84. The van der Waals surface area contributed by atoms with Gasteiger partial charge in [-0.15, -0.1) is 0 Å². The normalized spacial score (nSPS) is 12.7. The first kappa shape index (κ1) is 23.8. The first-order valence-corrected chi connectivity index (χ1v) is 12.3. The van der Waals surface area contributed by atoms with Crippen molar-refractivity contribution in [1.82, 2.24) is 9.78 Å². The van der Waals surface area contributed by atoms with Gasteiger partial charge in [-0.25, -0.2) is 13.6 Å². The summed E-state index contributed by atoms with van der Waals surface area (Å²) in [6.07, 6.45) is 1.24. The number of benzene rings is 1. The van der Waals surface area contributed by atoms with Gasteiger partial charge >= 0.3 is 13.4 Å². The zero-order valence-corrected chi connectivity index (χ0v) is 18.2. The molecule has 0 bridgehead atoms. The second-order valence-electron chi connectivity index (χ2n) is 4.92. The molecule has 0 radical (unpaired) electrons. The van der Waals surface area contributed by atoms with Crippen molar-refractivity contribution in [2.24, 2.45) is 7.05 Å². The van der Waals surface area contributed by atoms with Crippen molar-refractivity contribution in [3.05, 3.63) is 37.9 Å². The molecule has 2 rings (SSSR count). The maximum atomic E-state index is 14.4. The topological polar surface area (TPSA) is 84.6 Å². The molecule has 15 heteroatoms. The summed E-state index contributed by atoms with van der Waals surface area (Å²) in [6.45, 7) is -7.52. The second-order valence-corrected chi connectivity index (χ2v) is 11.8. The van der Waals surface area contributed by atoms with Crippen molar-refractivity contribution in [3.8, 4) is 17.1 Å². The minimum atomic E-state index is -4.37. The monoisotopic (exact) mass is 514 g/mol. The van der Waals surface area contributed by atoms with Crippen LogP contribution in [0.5, 0.6) is 5.88 Å². The van der Waals surface area contributed by atoms with Crippen molar-refractivity contribution >= 4 is 68.9 Å². The second kappa shape index (κ2) is 9.53. The van der Waals surface area contributed by atoms with Crippen molar-refractivity contribution in [2.45, 2.75) is 6.61 Å². The van der Waals surface area contributed by atoms with E-state index in [2.05, 4.69) is 9.84 Å². The Morgan fingerprint density at radius 1 is 1.39 bits per heavy atom. The lowest BCUT2D eigenvalue weighted by atomic mass is 10.1. The molecule has 0 saturated heterocycles. The Morgan fingerprint density at radius 2 is 2.04 bits per heavy atom. The van der Waals surface area contributed by atoms with Crippen molar-refractivity contribution in [2.75, 3.05) is 0 Å². The summed E-state index contributed by atoms with van der Waals surface area (Å²) >= 11 is 17.9. The quantitative estimate of drug-likeness (QED) is 0.338. The fourth-order valence-corrected chi connectivity index (χ4v) is 5.85. The maximum absolute atomic E-state index is 14.4. The van der Waals surface area contributed by atoms with Gasteiger partial charge in [-0.05, 0) is 34.6 Å². The van der Waals surface area contributed by atoms with Gasteiger partial charge in [0.1, 0.15) is 16.5 Å². The fourth-order valence-electron chi connectivity index (χ4n) is 1.96. The van der Waals surface area contributed by atoms with Crippen LogP contribution in [0, 0.1) is 5.82 Å².